The molecule has 13 nitrogen and oxygen atoms in total. The van der Waals surface area contributed by atoms with Crippen LogP contribution in [-0.4, -0.2) is 69.9 Å². The Bertz CT molecular complexity index is 653. The van der Waals surface area contributed by atoms with Crippen molar-refractivity contribution in [3.63, 3.8) is 0 Å². The fourth-order valence-corrected chi connectivity index (χ4v) is 2.02. The highest BCUT2D eigenvalue weighted by Crippen LogP contribution is 2.02. The minimum absolute atomic E-state index is 0.169. The van der Waals surface area contributed by atoms with Crippen LogP contribution in [0.25, 0.3) is 0 Å². The number of rotatable bonds is 13. The van der Waals surface area contributed by atoms with E-state index < -0.39 is 59.7 Å². The second-order valence-corrected chi connectivity index (χ2v) is 6.40. The molecular weight excluding hydrogens is 390 g/mol. The molecule has 0 aliphatic rings. The fourth-order valence-electron chi connectivity index (χ4n) is 2.02. The van der Waals surface area contributed by atoms with Crippen LogP contribution in [0, 0.1) is 0 Å². The van der Waals surface area contributed by atoms with E-state index in [4.69, 9.17) is 21.7 Å². The molecule has 13 heteroatoms. The van der Waals surface area contributed by atoms with Gasteiger partial charge in [-0.2, -0.15) is 0 Å². The summed E-state index contributed by atoms with van der Waals surface area (Å²) in [6.45, 7) is 2.54. The van der Waals surface area contributed by atoms with Crippen molar-refractivity contribution >= 4 is 35.6 Å². The quantitative estimate of drug-likeness (QED) is 0.162. The molecular formula is C16H27N5O8. The van der Waals surface area contributed by atoms with Crippen molar-refractivity contribution < 1.29 is 39.0 Å². The number of aliphatic carboxylic acids is 2. The minimum atomic E-state index is -1.27. The zero-order chi connectivity index (χ0) is 22.7. The van der Waals surface area contributed by atoms with Crippen molar-refractivity contribution in [3.05, 3.63) is 0 Å². The van der Waals surface area contributed by atoms with Gasteiger partial charge in [-0.1, -0.05) is 0 Å². The molecule has 0 aromatic heterocycles. The lowest BCUT2D eigenvalue weighted by atomic mass is 10.1. The second kappa shape index (κ2) is 12.3. The molecule has 9 N–H and O–H groups in total. The Labute approximate surface area is 166 Å². The second-order valence-electron chi connectivity index (χ2n) is 6.40. The maximum absolute atomic E-state index is 12.4. The van der Waals surface area contributed by atoms with E-state index in [2.05, 4.69) is 16.0 Å². The van der Waals surface area contributed by atoms with Gasteiger partial charge in [0.05, 0.1) is 6.04 Å². The zero-order valence-corrected chi connectivity index (χ0v) is 16.1. The van der Waals surface area contributed by atoms with Crippen molar-refractivity contribution in [1.29, 1.82) is 0 Å². The monoisotopic (exact) mass is 417 g/mol. The number of hydrogen-bond acceptors (Lipinski definition) is 7. The molecule has 0 saturated carbocycles. The van der Waals surface area contributed by atoms with Gasteiger partial charge >= 0.3 is 11.9 Å². The first-order valence-corrected chi connectivity index (χ1v) is 8.74. The molecule has 164 valence electrons. The maximum Gasteiger partial charge on any atom is 0.325 e. The van der Waals surface area contributed by atoms with Crippen LogP contribution in [0.4, 0.5) is 0 Å². The summed E-state index contributed by atoms with van der Waals surface area (Å²) in [4.78, 5) is 68.8. The average molecular weight is 417 g/mol. The number of carboxylic acid groups (broad SMARTS) is 2. The van der Waals surface area contributed by atoms with Gasteiger partial charge in [-0.05, 0) is 26.7 Å². The summed E-state index contributed by atoms with van der Waals surface area (Å²) in [6.07, 6.45) is -0.958. The molecule has 0 spiro atoms. The third-order valence-electron chi connectivity index (χ3n) is 3.80. The van der Waals surface area contributed by atoms with Crippen molar-refractivity contribution in [2.24, 2.45) is 11.5 Å². The summed E-state index contributed by atoms with van der Waals surface area (Å²) in [6, 6.07) is -4.79. The lowest BCUT2D eigenvalue weighted by Crippen LogP contribution is -2.56. The highest BCUT2D eigenvalue weighted by Gasteiger charge is 2.27. The predicted octanol–water partition coefficient (Wildman–Crippen LogP) is -2.98. The van der Waals surface area contributed by atoms with Crippen LogP contribution >= 0.6 is 0 Å². The Balaban J connectivity index is 5.00. The summed E-state index contributed by atoms with van der Waals surface area (Å²) in [5, 5.41) is 24.2. The van der Waals surface area contributed by atoms with Gasteiger partial charge in [0, 0.05) is 12.8 Å². The van der Waals surface area contributed by atoms with Crippen LogP contribution in [-0.2, 0) is 28.8 Å². The Hall–Kier alpha value is -3.22. The molecule has 0 radical (unpaired) electrons. The summed E-state index contributed by atoms with van der Waals surface area (Å²) < 4.78 is 0. The van der Waals surface area contributed by atoms with Crippen LogP contribution in [0.2, 0.25) is 0 Å². The number of carboxylic acids is 2. The molecule has 4 amide bonds. The van der Waals surface area contributed by atoms with E-state index in [0.29, 0.717) is 0 Å². The van der Waals surface area contributed by atoms with Gasteiger partial charge in [-0.25, -0.2) is 0 Å². The molecule has 0 aromatic carbocycles. The summed E-state index contributed by atoms with van der Waals surface area (Å²) in [5.41, 5.74) is 10.6. The SMILES string of the molecule is CC(NC(=O)C(C)NC(=O)C(CCC(N)=O)NC(=O)C(N)CCC(=O)O)C(=O)O. The van der Waals surface area contributed by atoms with E-state index in [-0.39, 0.29) is 25.7 Å². The van der Waals surface area contributed by atoms with Gasteiger partial charge in [0.25, 0.3) is 0 Å². The van der Waals surface area contributed by atoms with Gasteiger partial charge in [-0.3, -0.25) is 28.8 Å². The normalized spacial score (nSPS) is 14.6. The van der Waals surface area contributed by atoms with Crippen LogP contribution in [0.3, 0.4) is 0 Å². The van der Waals surface area contributed by atoms with E-state index in [1.165, 1.54) is 13.8 Å². The highest BCUT2D eigenvalue weighted by molar-refractivity contribution is 5.94. The van der Waals surface area contributed by atoms with E-state index in [0.717, 1.165) is 0 Å². The van der Waals surface area contributed by atoms with Crippen LogP contribution < -0.4 is 27.4 Å². The lowest BCUT2D eigenvalue weighted by molar-refractivity contribution is -0.141. The molecule has 0 aromatic rings. The predicted molar refractivity (Wildman–Crippen MR) is 98.0 cm³/mol. The molecule has 0 aliphatic heterocycles. The van der Waals surface area contributed by atoms with Crippen molar-refractivity contribution in [3.8, 4) is 0 Å². The van der Waals surface area contributed by atoms with Crippen molar-refractivity contribution in [2.75, 3.05) is 0 Å². The van der Waals surface area contributed by atoms with E-state index in [1.54, 1.807) is 0 Å². The highest BCUT2D eigenvalue weighted by atomic mass is 16.4. The van der Waals surface area contributed by atoms with E-state index >= 15 is 0 Å². The number of nitrogens with two attached hydrogens (primary N) is 2. The van der Waals surface area contributed by atoms with Crippen LogP contribution in [0.5, 0.6) is 0 Å². The lowest BCUT2D eigenvalue weighted by Gasteiger charge is -2.22. The fraction of sp³-hybridized carbons (Fsp3) is 0.625. The Kier molecular flexibility index (Phi) is 10.9. The van der Waals surface area contributed by atoms with Crippen LogP contribution in [0.1, 0.15) is 39.5 Å². The third kappa shape index (κ3) is 10.6. The molecule has 0 aliphatic carbocycles. The molecule has 29 heavy (non-hydrogen) atoms. The van der Waals surface area contributed by atoms with Gasteiger partial charge in [-0.15, -0.1) is 0 Å². The van der Waals surface area contributed by atoms with Crippen molar-refractivity contribution in [1.82, 2.24) is 16.0 Å². The number of primary amides is 1. The van der Waals surface area contributed by atoms with E-state index in [1.807, 2.05) is 0 Å². The maximum atomic E-state index is 12.4. The number of nitrogens with one attached hydrogen (secondary N) is 3. The topological polar surface area (TPSA) is 231 Å². The molecule has 0 bridgehead atoms. The first kappa shape index (κ1) is 25.8. The molecule has 0 rings (SSSR count). The number of amides is 4. The average Bonchev–Trinajstić information content (AvgIpc) is 2.61. The summed E-state index contributed by atoms with van der Waals surface area (Å²) in [7, 11) is 0. The Morgan fingerprint density at radius 3 is 1.83 bits per heavy atom. The molecule has 0 fully saturated rings. The molecule has 4 unspecified atom stereocenters. The summed E-state index contributed by atoms with van der Waals surface area (Å²) >= 11 is 0. The van der Waals surface area contributed by atoms with Gasteiger partial charge < -0.3 is 37.6 Å². The number of hydrogen-bond donors (Lipinski definition) is 7. The van der Waals surface area contributed by atoms with Crippen LogP contribution in [0.15, 0.2) is 0 Å². The standard InChI is InChI=1S/C16H27N5O8/c1-7(13(25)20-8(2)16(28)29)19-15(27)10(4-5-11(18)22)21-14(26)9(17)3-6-12(23)24/h7-10H,3-6,17H2,1-2H3,(H2,18,22)(H,19,27)(H,20,25)(H,21,26)(H,23,24)(H,28,29). The minimum Gasteiger partial charge on any atom is -0.481 e. The van der Waals surface area contributed by atoms with Crippen molar-refractivity contribution in [2.45, 2.75) is 63.7 Å². The van der Waals surface area contributed by atoms with Gasteiger partial charge in [0.15, 0.2) is 0 Å². The number of carbonyl (C=O) groups is 6. The molecule has 0 saturated heterocycles. The first-order valence-electron chi connectivity index (χ1n) is 8.74. The molecule has 0 heterocycles. The number of carbonyl (C=O) groups excluding carboxylic acids is 4. The van der Waals surface area contributed by atoms with E-state index in [9.17, 15) is 28.8 Å². The van der Waals surface area contributed by atoms with Gasteiger partial charge in [0.1, 0.15) is 18.1 Å². The Morgan fingerprint density at radius 2 is 1.34 bits per heavy atom. The first-order chi connectivity index (χ1) is 13.3. The largest absolute Gasteiger partial charge is 0.481 e. The molecule has 4 atom stereocenters. The smallest absolute Gasteiger partial charge is 0.325 e. The Morgan fingerprint density at radius 1 is 0.793 bits per heavy atom. The zero-order valence-electron chi connectivity index (χ0n) is 16.1. The van der Waals surface area contributed by atoms with Gasteiger partial charge in [0.2, 0.25) is 23.6 Å². The summed E-state index contributed by atoms with van der Waals surface area (Å²) in [5.74, 6) is -5.55. The third-order valence-corrected chi connectivity index (χ3v) is 3.80.